The minimum Gasteiger partial charge on any atom is -0.348 e. The number of nitrogens with one attached hydrogen (secondary N) is 3. The largest absolute Gasteiger partial charge is 0.348 e. The minimum absolute atomic E-state index is 0.471. The van der Waals surface area contributed by atoms with Crippen molar-refractivity contribution in [2.75, 3.05) is 32.5 Å². The topological polar surface area (TPSA) is 80.5 Å². The molecule has 1 aromatic carbocycles. The summed E-state index contributed by atoms with van der Waals surface area (Å²) in [6.45, 7) is 1.40. The maximum atomic E-state index is 12.4. The fraction of sp³-hybridized carbons (Fsp3) is 0.389. The number of carbonyl (C=O) groups is 2. The van der Waals surface area contributed by atoms with Crippen LogP contribution in [0.4, 0.5) is 5.82 Å². The SMILES string of the molecule is C[NH+](C)CCCNC(=O)C(=O)Nc1c2c(nn1-c1cccc(Cl)c1)CSC2. The van der Waals surface area contributed by atoms with Gasteiger partial charge < -0.3 is 15.5 Å². The first kappa shape index (κ1) is 19.7. The Bertz CT molecular complexity index is 852. The first-order valence-electron chi connectivity index (χ1n) is 8.78. The molecule has 0 bridgehead atoms. The van der Waals surface area contributed by atoms with Crippen LogP contribution >= 0.6 is 23.4 Å². The highest BCUT2D eigenvalue weighted by Gasteiger charge is 2.26. The third-order valence-electron chi connectivity index (χ3n) is 4.18. The van der Waals surface area contributed by atoms with Crippen molar-refractivity contribution in [1.82, 2.24) is 15.1 Å². The molecule has 3 rings (SSSR count). The summed E-state index contributed by atoms with van der Waals surface area (Å²) in [5, 5.41) is 10.6. The summed E-state index contributed by atoms with van der Waals surface area (Å²) >= 11 is 7.82. The second-order valence-electron chi connectivity index (χ2n) is 6.68. The molecule has 9 heteroatoms. The number of benzene rings is 1. The molecule has 1 aliphatic heterocycles. The third-order valence-corrected chi connectivity index (χ3v) is 5.39. The van der Waals surface area contributed by atoms with Gasteiger partial charge in [-0.15, -0.1) is 0 Å². The van der Waals surface area contributed by atoms with Gasteiger partial charge in [0.15, 0.2) is 0 Å². The summed E-state index contributed by atoms with van der Waals surface area (Å²) in [6.07, 6.45) is 0.813. The van der Waals surface area contributed by atoms with Crippen LogP contribution in [0.1, 0.15) is 17.7 Å². The summed E-state index contributed by atoms with van der Waals surface area (Å²) in [7, 11) is 4.09. The van der Waals surface area contributed by atoms with Crippen molar-refractivity contribution in [3.05, 3.63) is 40.5 Å². The van der Waals surface area contributed by atoms with Crippen LogP contribution in [0, 0.1) is 0 Å². The molecule has 0 aliphatic carbocycles. The number of halogens is 1. The molecule has 0 spiro atoms. The lowest BCUT2D eigenvalue weighted by atomic mass is 10.2. The molecule has 0 saturated heterocycles. The molecule has 27 heavy (non-hydrogen) atoms. The Morgan fingerprint density at radius 1 is 1.30 bits per heavy atom. The van der Waals surface area contributed by atoms with Crippen LogP contribution in [0.25, 0.3) is 5.69 Å². The standard InChI is InChI=1S/C18H22ClN5O2S/c1-23(2)8-4-7-20-17(25)18(26)21-16-14-10-27-11-15(14)22-24(16)13-6-3-5-12(19)9-13/h3,5-6,9H,4,7-8,10-11H2,1-2H3,(H,20,25)(H,21,26)/p+1. The van der Waals surface area contributed by atoms with Crippen molar-refractivity contribution in [2.24, 2.45) is 0 Å². The number of rotatable bonds is 6. The van der Waals surface area contributed by atoms with Gasteiger partial charge in [-0.05, 0) is 18.2 Å². The Balaban J connectivity index is 1.74. The predicted molar refractivity (Wildman–Crippen MR) is 108 cm³/mol. The molecule has 2 aromatic rings. The third kappa shape index (κ3) is 4.82. The van der Waals surface area contributed by atoms with E-state index >= 15 is 0 Å². The maximum Gasteiger partial charge on any atom is 0.314 e. The highest BCUT2D eigenvalue weighted by Crippen LogP contribution is 2.36. The van der Waals surface area contributed by atoms with Gasteiger partial charge in [0.1, 0.15) is 5.82 Å². The molecule has 3 N–H and O–H groups in total. The number of quaternary nitrogens is 1. The van der Waals surface area contributed by atoms with E-state index in [1.165, 1.54) is 4.90 Å². The lowest BCUT2D eigenvalue weighted by molar-refractivity contribution is -0.858. The molecule has 1 aromatic heterocycles. The lowest BCUT2D eigenvalue weighted by Gasteiger charge is -2.11. The molecule has 0 fully saturated rings. The van der Waals surface area contributed by atoms with Crippen LogP contribution in [0.2, 0.25) is 5.02 Å². The van der Waals surface area contributed by atoms with Crippen LogP contribution in [-0.2, 0) is 21.1 Å². The first-order valence-corrected chi connectivity index (χ1v) is 10.3. The average molecular weight is 409 g/mol. The van der Waals surface area contributed by atoms with Gasteiger partial charge in [-0.1, -0.05) is 17.7 Å². The lowest BCUT2D eigenvalue weighted by Crippen LogP contribution is -3.05. The highest BCUT2D eigenvalue weighted by atomic mass is 35.5. The van der Waals surface area contributed by atoms with E-state index in [0.717, 1.165) is 41.4 Å². The van der Waals surface area contributed by atoms with Crippen LogP contribution in [0.3, 0.4) is 0 Å². The Morgan fingerprint density at radius 3 is 2.85 bits per heavy atom. The second-order valence-corrected chi connectivity index (χ2v) is 8.10. The molecular formula is C18H23ClN5O2S+. The van der Waals surface area contributed by atoms with E-state index in [9.17, 15) is 9.59 Å². The average Bonchev–Trinajstić information content (AvgIpc) is 3.21. The van der Waals surface area contributed by atoms with Crippen molar-refractivity contribution >= 4 is 41.0 Å². The Hall–Kier alpha value is -2.03. The van der Waals surface area contributed by atoms with Gasteiger partial charge in [0.2, 0.25) is 0 Å². The number of carbonyl (C=O) groups excluding carboxylic acids is 2. The van der Waals surface area contributed by atoms with Crippen LogP contribution in [-0.4, -0.2) is 48.8 Å². The van der Waals surface area contributed by atoms with Gasteiger partial charge in [-0.2, -0.15) is 16.9 Å². The molecule has 2 heterocycles. The predicted octanol–water partition coefficient (Wildman–Crippen LogP) is 0.862. The molecule has 0 unspecified atom stereocenters. The van der Waals surface area contributed by atoms with Crippen LogP contribution in [0.5, 0.6) is 0 Å². The molecule has 7 nitrogen and oxygen atoms in total. The van der Waals surface area contributed by atoms with Crippen LogP contribution in [0.15, 0.2) is 24.3 Å². The summed E-state index contributed by atoms with van der Waals surface area (Å²) in [4.78, 5) is 25.8. The number of nitrogens with zero attached hydrogens (tertiary/aromatic N) is 2. The van der Waals surface area contributed by atoms with E-state index in [4.69, 9.17) is 11.6 Å². The zero-order valence-electron chi connectivity index (χ0n) is 15.3. The minimum atomic E-state index is -0.685. The van der Waals surface area contributed by atoms with Crippen LogP contribution < -0.4 is 15.5 Å². The molecule has 144 valence electrons. The number of hydrogen-bond acceptors (Lipinski definition) is 4. The Morgan fingerprint density at radius 2 is 2.11 bits per heavy atom. The smallest absolute Gasteiger partial charge is 0.314 e. The number of fused-ring (bicyclic) bond motifs is 1. The zero-order valence-corrected chi connectivity index (χ0v) is 16.9. The Kier molecular flexibility index (Phi) is 6.41. The molecule has 2 amide bonds. The van der Waals surface area contributed by atoms with Gasteiger partial charge >= 0.3 is 11.8 Å². The van der Waals surface area contributed by atoms with Crippen molar-refractivity contribution in [1.29, 1.82) is 0 Å². The van der Waals surface area contributed by atoms with Crippen molar-refractivity contribution < 1.29 is 14.5 Å². The number of hydrogen-bond donors (Lipinski definition) is 3. The fourth-order valence-electron chi connectivity index (χ4n) is 2.82. The van der Waals surface area contributed by atoms with E-state index in [1.807, 2.05) is 26.2 Å². The molecule has 0 atom stereocenters. The zero-order chi connectivity index (χ0) is 19.4. The van der Waals surface area contributed by atoms with Gasteiger partial charge in [-0.25, -0.2) is 4.68 Å². The first-order chi connectivity index (χ1) is 13.0. The van der Waals surface area contributed by atoms with Gasteiger partial charge in [0, 0.05) is 35.1 Å². The van der Waals surface area contributed by atoms with Gasteiger partial charge in [0.25, 0.3) is 0 Å². The summed E-state index contributed by atoms with van der Waals surface area (Å²) < 4.78 is 1.65. The van der Waals surface area contributed by atoms with E-state index in [0.29, 0.717) is 17.4 Å². The van der Waals surface area contributed by atoms with E-state index in [-0.39, 0.29) is 0 Å². The van der Waals surface area contributed by atoms with Gasteiger partial charge in [-0.3, -0.25) is 9.59 Å². The van der Waals surface area contributed by atoms with E-state index in [2.05, 4.69) is 15.7 Å². The number of anilines is 1. The number of amides is 2. The molecule has 1 aliphatic rings. The normalized spacial score (nSPS) is 12.9. The number of aromatic nitrogens is 2. The highest BCUT2D eigenvalue weighted by molar-refractivity contribution is 7.98. The summed E-state index contributed by atoms with van der Waals surface area (Å²) in [6, 6.07) is 7.24. The molecule has 0 radical (unpaired) electrons. The van der Waals surface area contributed by atoms with Gasteiger partial charge in [0.05, 0.1) is 32.0 Å². The summed E-state index contributed by atoms with van der Waals surface area (Å²) in [5.74, 6) is 0.746. The van der Waals surface area contributed by atoms with Crippen molar-refractivity contribution in [2.45, 2.75) is 17.9 Å². The maximum absolute atomic E-state index is 12.4. The Labute approximate surface area is 167 Å². The second kappa shape index (κ2) is 8.77. The van der Waals surface area contributed by atoms with Crippen molar-refractivity contribution in [3.8, 4) is 5.69 Å². The quantitative estimate of drug-likeness (QED) is 0.489. The fourth-order valence-corrected chi connectivity index (χ4v) is 4.04. The monoisotopic (exact) mass is 408 g/mol. The molecular weight excluding hydrogens is 386 g/mol. The number of thioether (sulfide) groups is 1. The molecule has 0 saturated carbocycles. The van der Waals surface area contributed by atoms with E-state index in [1.54, 1.807) is 28.6 Å². The van der Waals surface area contributed by atoms with E-state index < -0.39 is 11.8 Å². The van der Waals surface area contributed by atoms with Crippen molar-refractivity contribution in [3.63, 3.8) is 0 Å². The summed E-state index contributed by atoms with van der Waals surface area (Å²) in [5.41, 5.74) is 2.62.